The number of ether oxygens (including phenoxy) is 1. The molecule has 3 heteroatoms. The number of anilines is 1. The van der Waals surface area contributed by atoms with Gasteiger partial charge in [0.25, 0.3) is 0 Å². The molecule has 0 radical (unpaired) electrons. The molecule has 20 heavy (non-hydrogen) atoms. The van der Waals surface area contributed by atoms with Crippen LogP contribution in [0.25, 0.3) is 0 Å². The Morgan fingerprint density at radius 3 is 2.75 bits per heavy atom. The van der Waals surface area contributed by atoms with Crippen LogP contribution in [-0.2, 0) is 0 Å². The molecule has 106 valence electrons. The molecule has 3 nitrogen and oxygen atoms in total. The summed E-state index contributed by atoms with van der Waals surface area (Å²) in [7, 11) is 0. The van der Waals surface area contributed by atoms with Gasteiger partial charge in [-0.1, -0.05) is 32.0 Å². The molecular weight excluding hydrogens is 248 g/mol. The van der Waals surface area contributed by atoms with Gasteiger partial charge >= 0.3 is 0 Å². The lowest BCUT2D eigenvalue weighted by Gasteiger charge is -2.15. The standard InChI is InChI=1S/C17H22N2O/c1-4-13(3)16-8-6-7-9-17(16)20-15-10-14(19-5-2)11-18-12-15/h6-13,19H,4-5H2,1-3H3. The highest BCUT2D eigenvalue weighted by molar-refractivity contribution is 5.47. The topological polar surface area (TPSA) is 34.2 Å². The largest absolute Gasteiger partial charge is 0.455 e. The van der Waals surface area contributed by atoms with Crippen LogP contribution in [0.5, 0.6) is 11.5 Å². The zero-order valence-corrected chi connectivity index (χ0v) is 12.4. The van der Waals surface area contributed by atoms with E-state index in [1.165, 1.54) is 5.56 Å². The fourth-order valence-electron chi connectivity index (χ4n) is 2.10. The van der Waals surface area contributed by atoms with Crippen LogP contribution >= 0.6 is 0 Å². The quantitative estimate of drug-likeness (QED) is 0.817. The van der Waals surface area contributed by atoms with Gasteiger partial charge in [-0.25, -0.2) is 0 Å². The minimum Gasteiger partial charge on any atom is -0.455 e. The van der Waals surface area contributed by atoms with E-state index in [2.05, 4.69) is 43.2 Å². The summed E-state index contributed by atoms with van der Waals surface area (Å²) < 4.78 is 6.02. The number of benzene rings is 1. The maximum Gasteiger partial charge on any atom is 0.147 e. The highest BCUT2D eigenvalue weighted by Gasteiger charge is 2.10. The first-order valence-electron chi connectivity index (χ1n) is 7.20. The molecule has 1 aromatic heterocycles. The molecule has 2 aromatic rings. The van der Waals surface area contributed by atoms with Gasteiger partial charge in [0.05, 0.1) is 18.1 Å². The van der Waals surface area contributed by atoms with Crippen LogP contribution in [0.1, 0.15) is 38.7 Å². The highest BCUT2D eigenvalue weighted by atomic mass is 16.5. The van der Waals surface area contributed by atoms with Crippen LogP contribution in [0.4, 0.5) is 5.69 Å². The number of rotatable bonds is 6. The Balaban J connectivity index is 2.23. The second-order valence-electron chi connectivity index (χ2n) is 4.89. The van der Waals surface area contributed by atoms with Crippen LogP contribution in [0, 0.1) is 0 Å². The summed E-state index contributed by atoms with van der Waals surface area (Å²) in [4.78, 5) is 4.21. The molecule has 1 heterocycles. The minimum absolute atomic E-state index is 0.483. The maximum absolute atomic E-state index is 6.02. The number of para-hydroxylation sites is 1. The zero-order valence-electron chi connectivity index (χ0n) is 12.4. The zero-order chi connectivity index (χ0) is 14.4. The molecule has 2 rings (SSSR count). The molecule has 1 atom stereocenters. The Kier molecular flexibility index (Phi) is 4.99. The SMILES string of the molecule is CCNc1cncc(Oc2ccccc2C(C)CC)c1. The lowest BCUT2D eigenvalue weighted by Crippen LogP contribution is -1.99. The fraction of sp³-hybridized carbons (Fsp3) is 0.353. The Hall–Kier alpha value is -2.03. The van der Waals surface area contributed by atoms with Crippen molar-refractivity contribution in [2.75, 3.05) is 11.9 Å². The normalized spacial score (nSPS) is 11.9. The molecular formula is C17H22N2O. The molecule has 1 N–H and O–H groups in total. The molecule has 0 aliphatic heterocycles. The van der Waals surface area contributed by atoms with Gasteiger partial charge in [0.1, 0.15) is 11.5 Å². The number of hydrogen-bond acceptors (Lipinski definition) is 3. The molecule has 0 bridgehead atoms. The van der Waals surface area contributed by atoms with Crippen molar-refractivity contribution in [1.29, 1.82) is 0 Å². The van der Waals surface area contributed by atoms with Gasteiger partial charge in [-0.2, -0.15) is 0 Å². The molecule has 0 amide bonds. The van der Waals surface area contributed by atoms with E-state index in [0.29, 0.717) is 5.92 Å². The molecule has 0 aliphatic rings. The Morgan fingerprint density at radius 1 is 1.20 bits per heavy atom. The number of pyridine rings is 1. The van der Waals surface area contributed by atoms with Crippen molar-refractivity contribution >= 4 is 5.69 Å². The van der Waals surface area contributed by atoms with E-state index >= 15 is 0 Å². The van der Waals surface area contributed by atoms with Crippen molar-refractivity contribution in [2.45, 2.75) is 33.1 Å². The van der Waals surface area contributed by atoms with E-state index < -0.39 is 0 Å². The second-order valence-corrected chi connectivity index (χ2v) is 4.89. The third kappa shape index (κ3) is 3.50. The number of nitrogens with zero attached hydrogens (tertiary/aromatic N) is 1. The molecule has 0 saturated carbocycles. The van der Waals surface area contributed by atoms with Crippen molar-refractivity contribution in [2.24, 2.45) is 0 Å². The van der Waals surface area contributed by atoms with Gasteiger partial charge in [0.15, 0.2) is 0 Å². The first-order chi connectivity index (χ1) is 9.74. The Bertz CT molecular complexity index is 554. The predicted octanol–water partition coefficient (Wildman–Crippen LogP) is 4.82. The molecule has 1 unspecified atom stereocenters. The Labute approximate surface area is 121 Å². The Morgan fingerprint density at radius 2 is 2.00 bits per heavy atom. The first-order valence-corrected chi connectivity index (χ1v) is 7.20. The van der Waals surface area contributed by atoms with E-state index in [1.54, 1.807) is 12.4 Å². The molecule has 0 spiro atoms. The van der Waals surface area contributed by atoms with Gasteiger partial charge in [0, 0.05) is 12.6 Å². The third-order valence-corrected chi connectivity index (χ3v) is 3.38. The van der Waals surface area contributed by atoms with Gasteiger partial charge in [0.2, 0.25) is 0 Å². The van der Waals surface area contributed by atoms with Crippen LogP contribution in [-0.4, -0.2) is 11.5 Å². The van der Waals surface area contributed by atoms with Crippen LogP contribution in [0.15, 0.2) is 42.7 Å². The van der Waals surface area contributed by atoms with Crippen LogP contribution in [0.2, 0.25) is 0 Å². The minimum atomic E-state index is 0.483. The molecule has 0 fully saturated rings. The van der Waals surface area contributed by atoms with E-state index in [0.717, 1.165) is 30.2 Å². The number of aromatic nitrogens is 1. The summed E-state index contributed by atoms with van der Waals surface area (Å²) in [6.07, 6.45) is 4.64. The van der Waals surface area contributed by atoms with Crippen LogP contribution < -0.4 is 10.1 Å². The van der Waals surface area contributed by atoms with Crippen molar-refractivity contribution in [3.8, 4) is 11.5 Å². The summed E-state index contributed by atoms with van der Waals surface area (Å²) in [5.41, 5.74) is 2.22. The smallest absolute Gasteiger partial charge is 0.147 e. The first kappa shape index (κ1) is 14.4. The maximum atomic E-state index is 6.02. The van der Waals surface area contributed by atoms with E-state index in [-0.39, 0.29) is 0 Å². The third-order valence-electron chi connectivity index (χ3n) is 3.38. The fourth-order valence-corrected chi connectivity index (χ4v) is 2.10. The average molecular weight is 270 g/mol. The van der Waals surface area contributed by atoms with E-state index in [1.807, 2.05) is 18.2 Å². The summed E-state index contributed by atoms with van der Waals surface area (Å²) >= 11 is 0. The molecule has 1 aromatic carbocycles. The van der Waals surface area contributed by atoms with Crippen LogP contribution in [0.3, 0.4) is 0 Å². The lowest BCUT2D eigenvalue weighted by atomic mass is 9.98. The molecule has 0 saturated heterocycles. The van der Waals surface area contributed by atoms with E-state index in [9.17, 15) is 0 Å². The van der Waals surface area contributed by atoms with Gasteiger partial charge in [-0.05, 0) is 30.9 Å². The van der Waals surface area contributed by atoms with E-state index in [4.69, 9.17) is 4.74 Å². The van der Waals surface area contributed by atoms with Crippen molar-refractivity contribution in [3.05, 3.63) is 48.3 Å². The summed E-state index contributed by atoms with van der Waals surface area (Å²) in [5.74, 6) is 2.16. The highest BCUT2D eigenvalue weighted by Crippen LogP contribution is 2.32. The van der Waals surface area contributed by atoms with Crippen molar-refractivity contribution in [1.82, 2.24) is 4.98 Å². The summed E-state index contributed by atoms with van der Waals surface area (Å²) in [5, 5.41) is 3.24. The summed E-state index contributed by atoms with van der Waals surface area (Å²) in [6.45, 7) is 7.34. The number of nitrogens with one attached hydrogen (secondary N) is 1. The van der Waals surface area contributed by atoms with Gasteiger partial charge in [-0.15, -0.1) is 0 Å². The summed E-state index contributed by atoms with van der Waals surface area (Å²) in [6, 6.07) is 10.2. The van der Waals surface area contributed by atoms with Gasteiger partial charge in [-0.3, -0.25) is 4.98 Å². The predicted molar refractivity (Wildman–Crippen MR) is 83.6 cm³/mol. The lowest BCUT2D eigenvalue weighted by molar-refractivity contribution is 0.468. The molecule has 0 aliphatic carbocycles. The number of hydrogen-bond donors (Lipinski definition) is 1. The van der Waals surface area contributed by atoms with Crippen molar-refractivity contribution in [3.63, 3.8) is 0 Å². The second kappa shape index (κ2) is 6.94. The van der Waals surface area contributed by atoms with Crippen molar-refractivity contribution < 1.29 is 4.74 Å². The van der Waals surface area contributed by atoms with Gasteiger partial charge < -0.3 is 10.1 Å². The average Bonchev–Trinajstić information content (AvgIpc) is 2.48. The monoisotopic (exact) mass is 270 g/mol.